The smallest absolute Gasteiger partial charge is 0.0224 e. The minimum atomic E-state index is 0.686. The van der Waals surface area contributed by atoms with E-state index in [0.717, 1.165) is 24.9 Å². The third kappa shape index (κ3) is 3.97. The van der Waals surface area contributed by atoms with Gasteiger partial charge >= 0.3 is 0 Å². The molecule has 0 saturated carbocycles. The fraction of sp³-hybridized carbons (Fsp3) is 1.00. The molecular formula is C12H26N2. The second kappa shape index (κ2) is 5.72. The topological polar surface area (TPSA) is 24.1 Å². The molecular weight excluding hydrogens is 172 g/mol. The normalized spacial score (nSPS) is 28.7. The summed E-state index contributed by atoms with van der Waals surface area (Å²) >= 11 is 0. The third-order valence-corrected chi connectivity index (χ3v) is 2.87. The minimum Gasteiger partial charge on any atom is -0.311 e. The zero-order valence-corrected chi connectivity index (χ0v) is 10.1. The van der Waals surface area contributed by atoms with Crippen LogP contribution in [0.15, 0.2) is 0 Å². The number of rotatable bonds is 4. The third-order valence-electron chi connectivity index (χ3n) is 2.87. The van der Waals surface area contributed by atoms with Crippen LogP contribution in [0.2, 0.25) is 0 Å². The molecule has 1 fully saturated rings. The zero-order valence-electron chi connectivity index (χ0n) is 10.1. The van der Waals surface area contributed by atoms with Gasteiger partial charge < -0.3 is 10.6 Å². The summed E-state index contributed by atoms with van der Waals surface area (Å²) in [7, 11) is 0. The molecule has 2 atom stereocenters. The molecule has 0 spiro atoms. The summed E-state index contributed by atoms with van der Waals surface area (Å²) in [5.41, 5.74) is 0. The molecule has 1 aliphatic rings. The molecule has 84 valence electrons. The maximum Gasteiger partial charge on any atom is 0.0224 e. The van der Waals surface area contributed by atoms with Crippen LogP contribution in [0.3, 0.4) is 0 Å². The Bertz CT molecular complexity index is 136. The van der Waals surface area contributed by atoms with E-state index in [2.05, 4.69) is 38.3 Å². The fourth-order valence-electron chi connectivity index (χ4n) is 2.31. The van der Waals surface area contributed by atoms with Crippen molar-refractivity contribution in [3.63, 3.8) is 0 Å². The quantitative estimate of drug-likeness (QED) is 0.722. The Balaban J connectivity index is 2.41. The van der Waals surface area contributed by atoms with Crippen molar-refractivity contribution in [3.05, 3.63) is 0 Å². The fourth-order valence-corrected chi connectivity index (χ4v) is 2.31. The van der Waals surface area contributed by atoms with Gasteiger partial charge in [-0.25, -0.2) is 0 Å². The lowest BCUT2D eigenvalue weighted by Gasteiger charge is -2.35. The summed E-state index contributed by atoms with van der Waals surface area (Å²) in [5.74, 6) is 1.59. The predicted octanol–water partition coefficient (Wildman–Crippen LogP) is 2.01. The van der Waals surface area contributed by atoms with Crippen LogP contribution in [0.5, 0.6) is 0 Å². The Morgan fingerprint density at radius 3 is 1.50 bits per heavy atom. The van der Waals surface area contributed by atoms with Crippen molar-refractivity contribution < 1.29 is 0 Å². The Kier molecular flexibility index (Phi) is 4.90. The Hall–Kier alpha value is -0.0800. The average molecular weight is 198 g/mol. The summed E-state index contributed by atoms with van der Waals surface area (Å²) in [6.45, 7) is 11.5. The summed E-state index contributed by atoms with van der Waals surface area (Å²) in [5, 5.41) is 7.29. The van der Waals surface area contributed by atoms with E-state index < -0.39 is 0 Å². The van der Waals surface area contributed by atoms with Gasteiger partial charge in [0.05, 0.1) is 0 Å². The molecule has 0 amide bonds. The largest absolute Gasteiger partial charge is 0.311 e. The molecule has 2 nitrogen and oxygen atoms in total. The van der Waals surface area contributed by atoms with E-state index in [1.807, 2.05) is 0 Å². The first-order valence-electron chi connectivity index (χ1n) is 6.06. The second-order valence-corrected chi connectivity index (χ2v) is 5.38. The molecule has 0 radical (unpaired) electrons. The minimum absolute atomic E-state index is 0.686. The maximum atomic E-state index is 3.64. The van der Waals surface area contributed by atoms with Gasteiger partial charge in [0.15, 0.2) is 0 Å². The van der Waals surface area contributed by atoms with Gasteiger partial charge in [-0.2, -0.15) is 0 Å². The van der Waals surface area contributed by atoms with Gasteiger partial charge in [0.2, 0.25) is 0 Å². The number of piperazine rings is 1. The standard InChI is InChI=1S/C12H26N2/c1-9(2)7-11-12(8-10(3)4)14-6-5-13-11/h9-14H,5-8H2,1-4H3. The average Bonchev–Trinajstić information content (AvgIpc) is 2.06. The monoisotopic (exact) mass is 198 g/mol. The van der Waals surface area contributed by atoms with E-state index in [1.54, 1.807) is 0 Å². The molecule has 2 N–H and O–H groups in total. The van der Waals surface area contributed by atoms with Gasteiger partial charge in [0.1, 0.15) is 0 Å². The summed E-state index contributed by atoms with van der Waals surface area (Å²) in [6, 6.07) is 1.37. The summed E-state index contributed by atoms with van der Waals surface area (Å²) in [4.78, 5) is 0. The first-order chi connectivity index (χ1) is 6.59. The maximum absolute atomic E-state index is 3.64. The van der Waals surface area contributed by atoms with E-state index in [1.165, 1.54) is 12.8 Å². The van der Waals surface area contributed by atoms with E-state index in [-0.39, 0.29) is 0 Å². The van der Waals surface area contributed by atoms with Gasteiger partial charge in [0, 0.05) is 25.2 Å². The van der Waals surface area contributed by atoms with E-state index in [9.17, 15) is 0 Å². The van der Waals surface area contributed by atoms with Crippen LogP contribution >= 0.6 is 0 Å². The highest BCUT2D eigenvalue weighted by Gasteiger charge is 2.25. The molecule has 1 aliphatic heterocycles. The number of nitrogens with one attached hydrogen (secondary N) is 2. The summed E-state index contributed by atoms with van der Waals surface area (Å²) < 4.78 is 0. The van der Waals surface area contributed by atoms with Gasteiger partial charge in [-0.05, 0) is 24.7 Å². The van der Waals surface area contributed by atoms with Crippen LogP contribution in [0.1, 0.15) is 40.5 Å². The molecule has 2 unspecified atom stereocenters. The van der Waals surface area contributed by atoms with Crippen molar-refractivity contribution >= 4 is 0 Å². The lowest BCUT2D eigenvalue weighted by Crippen LogP contribution is -2.56. The first kappa shape index (κ1) is 12.0. The van der Waals surface area contributed by atoms with Crippen molar-refractivity contribution in [2.24, 2.45) is 11.8 Å². The van der Waals surface area contributed by atoms with Crippen LogP contribution < -0.4 is 10.6 Å². The molecule has 1 heterocycles. The summed E-state index contributed by atoms with van der Waals surface area (Å²) in [6.07, 6.45) is 2.59. The molecule has 0 aromatic rings. The van der Waals surface area contributed by atoms with Gasteiger partial charge in [-0.15, -0.1) is 0 Å². The Morgan fingerprint density at radius 1 is 0.857 bits per heavy atom. The Morgan fingerprint density at radius 2 is 1.21 bits per heavy atom. The van der Waals surface area contributed by atoms with E-state index >= 15 is 0 Å². The van der Waals surface area contributed by atoms with Crippen molar-refractivity contribution in [3.8, 4) is 0 Å². The van der Waals surface area contributed by atoms with Crippen molar-refractivity contribution in [2.45, 2.75) is 52.6 Å². The molecule has 14 heavy (non-hydrogen) atoms. The molecule has 2 heteroatoms. The van der Waals surface area contributed by atoms with Crippen LogP contribution in [0, 0.1) is 11.8 Å². The molecule has 0 aromatic heterocycles. The van der Waals surface area contributed by atoms with Crippen molar-refractivity contribution in [1.29, 1.82) is 0 Å². The number of hydrogen-bond donors (Lipinski definition) is 2. The lowest BCUT2D eigenvalue weighted by atomic mass is 9.90. The van der Waals surface area contributed by atoms with Crippen molar-refractivity contribution in [2.75, 3.05) is 13.1 Å². The SMILES string of the molecule is CC(C)CC1NCCNC1CC(C)C. The lowest BCUT2D eigenvalue weighted by molar-refractivity contribution is 0.255. The highest BCUT2D eigenvalue weighted by Crippen LogP contribution is 2.16. The van der Waals surface area contributed by atoms with Gasteiger partial charge in [0.25, 0.3) is 0 Å². The van der Waals surface area contributed by atoms with Crippen LogP contribution in [-0.4, -0.2) is 25.2 Å². The van der Waals surface area contributed by atoms with E-state index in [4.69, 9.17) is 0 Å². The number of hydrogen-bond acceptors (Lipinski definition) is 2. The van der Waals surface area contributed by atoms with E-state index in [0.29, 0.717) is 12.1 Å². The molecule has 0 aliphatic carbocycles. The van der Waals surface area contributed by atoms with Gasteiger partial charge in [-0.1, -0.05) is 27.7 Å². The molecule has 1 rings (SSSR count). The molecule has 0 bridgehead atoms. The van der Waals surface area contributed by atoms with Crippen LogP contribution in [0.4, 0.5) is 0 Å². The molecule has 1 saturated heterocycles. The van der Waals surface area contributed by atoms with Crippen molar-refractivity contribution in [1.82, 2.24) is 10.6 Å². The Labute approximate surface area is 88.8 Å². The highest BCUT2D eigenvalue weighted by atomic mass is 15.1. The zero-order chi connectivity index (χ0) is 10.6. The highest BCUT2D eigenvalue weighted by molar-refractivity contribution is 4.87. The second-order valence-electron chi connectivity index (χ2n) is 5.38. The predicted molar refractivity (Wildman–Crippen MR) is 62.5 cm³/mol. The van der Waals surface area contributed by atoms with Crippen LogP contribution in [0.25, 0.3) is 0 Å². The van der Waals surface area contributed by atoms with Gasteiger partial charge in [-0.3, -0.25) is 0 Å². The molecule has 0 aromatic carbocycles. The van der Waals surface area contributed by atoms with Crippen LogP contribution in [-0.2, 0) is 0 Å². The first-order valence-corrected chi connectivity index (χ1v) is 6.06.